The average Bonchev–Trinajstić information content (AvgIpc) is 3.34. The predicted octanol–water partition coefficient (Wildman–Crippen LogP) is 6.20. The summed E-state index contributed by atoms with van der Waals surface area (Å²) in [6, 6.07) is 15.1. The van der Waals surface area contributed by atoms with E-state index in [1.54, 1.807) is 23.0 Å². The number of aromatic nitrogens is 7. The Balaban J connectivity index is 1.18. The zero-order chi connectivity index (χ0) is 27.1. The monoisotopic (exact) mass is 569 g/mol. The van der Waals surface area contributed by atoms with Gasteiger partial charge < -0.3 is 14.1 Å². The second-order valence-corrected chi connectivity index (χ2v) is 11.2. The fourth-order valence-electron chi connectivity index (χ4n) is 6.11. The Morgan fingerprint density at radius 2 is 2.00 bits per heavy atom. The predicted molar refractivity (Wildman–Crippen MR) is 151 cm³/mol. The molecule has 3 unspecified atom stereocenters. The number of imidazole rings is 1. The van der Waals surface area contributed by atoms with Gasteiger partial charge in [-0.3, -0.25) is 4.79 Å². The maximum absolute atomic E-state index is 13.7. The van der Waals surface area contributed by atoms with Gasteiger partial charge in [-0.25, -0.2) is 9.67 Å². The van der Waals surface area contributed by atoms with E-state index in [4.69, 9.17) is 32.7 Å². The van der Waals surface area contributed by atoms with Crippen LogP contribution in [-0.4, -0.2) is 34.7 Å². The molecule has 1 aliphatic heterocycles. The van der Waals surface area contributed by atoms with Crippen LogP contribution in [-0.2, 0) is 6.42 Å². The molecule has 0 saturated heterocycles. The van der Waals surface area contributed by atoms with E-state index in [-0.39, 0.29) is 16.8 Å². The molecule has 5 heterocycles. The molecule has 4 aromatic heterocycles. The number of H-pyrrole nitrogens is 1. The molecule has 11 heteroatoms. The van der Waals surface area contributed by atoms with E-state index in [0.29, 0.717) is 16.9 Å². The van der Waals surface area contributed by atoms with Gasteiger partial charge in [0.2, 0.25) is 0 Å². The van der Waals surface area contributed by atoms with Crippen molar-refractivity contribution >= 4 is 34.2 Å². The summed E-state index contributed by atoms with van der Waals surface area (Å²) in [7, 11) is 0. The zero-order valence-corrected chi connectivity index (χ0v) is 22.7. The molecule has 2 aliphatic rings. The van der Waals surface area contributed by atoms with Crippen LogP contribution in [0.15, 0.2) is 70.2 Å². The van der Waals surface area contributed by atoms with Crippen LogP contribution in [0.25, 0.3) is 39.0 Å². The molecule has 3 atom stereocenters. The molecule has 8 rings (SSSR count). The minimum absolute atomic E-state index is 0.0830. The molecule has 6 aromatic rings. The van der Waals surface area contributed by atoms with Gasteiger partial charge in [0.05, 0.1) is 35.5 Å². The van der Waals surface area contributed by atoms with E-state index in [1.807, 2.05) is 41.1 Å². The first-order valence-corrected chi connectivity index (χ1v) is 13.8. The Kier molecular flexibility index (Phi) is 5.11. The molecule has 0 radical (unpaired) electrons. The van der Waals surface area contributed by atoms with Crippen molar-refractivity contribution in [1.82, 2.24) is 34.7 Å². The summed E-state index contributed by atoms with van der Waals surface area (Å²) in [6.45, 7) is 2.06. The van der Waals surface area contributed by atoms with Gasteiger partial charge in [-0.05, 0) is 60.7 Å². The lowest BCUT2D eigenvalue weighted by atomic mass is 10.0. The fourth-order valence-corrected chi connectivity index (χ4v) is 6.40. The van der Waals surface area contributed by atoms with Gasteiger partial charge in [-0.2, -0.15) is 0 Å². The number of benzene rings is 2. The van der Waals surface area contributed by atoms with E-state index in [0.717, 1.165) is 69.1 Å². The SMILES string of the molecule is CCc1noc2cc(-c3cnc(C4C5CC5c5cc(-c6cc(Cl)ccc6-n6cc(Cl)nn6)cc(=O)n54)[nH]3)ccc12. The highest BCUT2D eigenvalue weighted by atomic mass is 35.5. The van der Waals surface area contributed by atoms with Gasteiger partial charge in [-0.15, -0.1) is 5.10 Å². The number of aromatic amines is 1. The largest absolute Gasteiger partial charge is 0.356 e. The van der Waals surface area contributed by atoms with Gasteiger partial charge in [-0.1, -0.05) is 46.6 Å². The number of nitrogens with one attached hydrogen (secondary N) is 1. The number of fused-ring (bicyclic) bond motifs is 4. The van der Waals surface area contributed by atoms with Crippen LogP contribution < -0.4 is 5.56 Å². The van der Waals surface area contributed by atoms with Gasteiger partial charge in [0, 0.05) is 39.2 Å². The van der Waals surface area contributed by atoms with Crippen molar-refractivity contribution in [3.63, 3.8) is 0 Å². The first-order chi connectivity index (χ1) is 19.5. The summed E-state index contributed by atoms with van der Waals surface area (Å²) < 4.78 is 9.01. The van der Waals surface area contributed by atoms with Crippen molar-refractivity contribution in [2.75, 3.05) is 0 Å². The number of hydrogen-bond acceptors (Lipinski definition) is 6. The van der Waals surface area contributed by atoms with Crippen LogP contribution in [0.4, 0.5) is 0 Å². The molecule has 0 bridgehead atoms. The minimum atomic E-state index is -0.149. The summed E-state index contributed by atoms with van der Waals surface area (Å²) in [5.41, 5.74) is 6.74. The Labute approximate surface area is 237 Å². The highest BCUT2D eigenvalue weighted by Crippen LogP contribution is 2.60. The Hall–Kier alpha value is -4.21. The number of aryl methyl sites for hydroxylation is 1. The van der Waals surface area contributed by atoms with E-state index in [2.05, 4.69) is 33.4 Å². The standard InChI is InChI=1S/C29H21Cl2N7O2/c1-2-21-17-5-3-14(8-25(17)40-35-21)22-12-32-29(33-22)28-20-11-19(20)24-7-15(9-27(39)38(24)28)18-10-16(30)4-6-23(18)37-13-26(31)34-36-37/h3-10,12-13,19-20,28H,2,11H2,1H3,(H,32,33). The second kappa shape index (κ2) is 8.64. The van der Waals surface area contributed by atoms with Crippen molar-refractivity contribution in [3.8, 4) is 28.1 Å². The lowest BCUT2D eigenvalue weighted by Crippen LogP contribution is -2.26. The maximum Gasteiger partial charge on any atom is 0.252 e. The normalized spacial score (nSPS) is 19.2. The summed E-state index contributed by atoms with van der Waals surface area (Å²) in [5.74, 6) is 1.40. The topological polar surface area (TPSA) is 107 Å². The molecule has 2 aromatic carbocycles. The number of pyridine rings is 1. The average molecular weight is 570 g/mol. The smallest absolute Gasteiger partial charge is 0.252 e. The van der Waals surface area contributed by atoms with E-state index in [1.165, 1.54) is 0 Å². The van der Waals surface area contributed by atoms with Gasteiger partial charge in [0.1, 0.15) is 5.82 Å². The maximum atomic E-state index is 13.7. The number of hydrogen-bond donors (Lipinski definition) is 1. The van der Waals surface area contributed by atoms with Crippen LogP contribution >= 0.6 is 23.2 Å². The third-order valence-electron chi connectivity index (χ3n) is 8.05. The fraction of sp³-hybridized carbons (Fsp3) is 0.207. The lowest BCUT2D eigenvalue weighted by Gasteiger charge is -2.18. The van der Waals surface area contributed by atoms with E-state index < -0.39 is 0 Å². The summed E-state index contributed by atoms with van der Waals surface area (Å²) in [4.78, 5) is 21.9. The highest BCUT2D eigenvalue weighted by molar-refractivity contribution is 6.31. The summed E-state index contributed by atoms with van der Waals surface area (Å²) in [6.07, 6.45) is 5.27. The van der Waals surface area contributed by atoms with Crippen LogP contribution in [0, 0.1) is 5.92 Å². The number of nitrogens with zero attached hydrogens (tertiary/aromatic N) is 6. The molecule has 198 valence electrons. The molecular formula is C29H21Cl2N7O2. The van der Waals surface area contributed by atoms with Crippen molar-refractivity contribution < 1.29 is 4.52 Å². The first-order valence-electron chi connectivity index (χ1n) is 13.1. The third kappa shape index (κ3) is 3.58. The molecule has 9 nitrogen and oxygen atoms in total. The first kappa shape index (κ1) is 23.7. The van der Waals surface area contributed by atoms with Gasteiger partial charge >= 0.3 is 0 Å². The molecular weight excluding hydrogens is 549 g/mol. The van der Waals surface area contributed by atoms with Crippen molar-refractivity contribution in [3.05, 3.63) is 98.7 Å². The van der Waals surface area contributed by atoms with Crippen molar-refractivity contribution in [2.24, 2.45) is 5.92 Å². The van der Waals surface area contributed by atoms with E-state index in [9.17, 15) is 4.79 Å². The molecule has 1 N–H and O–H groups in total. The molecule has 1 aliphatic carbocycles. The number of halogens is 2. The van der Waals surface area contributed by atoms with Crippen LogP contribution in [0.5, 0.6) is 0 Å². The van der Waals surface area contributed by atoms with Crippen molar-refractivity contribution in [2.45, 2.75) is 31.7 Å². The quantitative estimate of drug-likeness (QED) is 0.264. The Morgan fingerprint density at radius 1 is 1.10 bits per heavy atom. The van der Waals surface area contributed by atoms with Gasteiger partial charge in [0.25, 0.3) is 5.56 Å². The molecule has 1 fully saturated rings. The van der Waals surface area contributed by atoms with Crippen molar-refractivity contribution in [1.29, 1.82) is 0 Å². The lowest BCUT2D eigenvalue weighted by molar-refractivity contribution is 0.447. The minimum Gasteiger partial charge on any atom is -0.356 e. The highest BCUT2D eigenvalue weighted by Gasteiger charge is 2.54. The van der Waals surface area contributed by atoms with Crippen LogP contribution in [0.2, 0.25) is 10.2 Å². The van der Waals surface area contributed by atoms with Crippen LogP contribution in [0.3, 0.4) is 0 Å². The summed E-state index contributed by atoms with van der Waals surface area (Å²) in [5, 5.41) is 14.0. The molecule has 1 saturated carbocycles. The molecule has 0 amide bonds. The number of rotatable bonds is 5. The van der Waals surface area contributed by atoms with Crippen LogP contribution in [0.1, 0.15) is 42.5 Å². The second-order valence-electron chi connectivity index (χ2n) is 10.4. The van der Waals surface area contributed by atoms with E-state index >= 15 is 0 Å². The molecule has 40 heavy (non-hydrogen) atoms. The third-order valence-corrected chi connectivity index (χ3v) is 8.46. The Morgan fingerprint density at radius 3 is 2.83 bits per heavy atom. The summed E-state index contributed by atoms with van der Waals surface area (Å²) >= 11 is 12.4. The molecule has 0 spiro atoms. The Bertz CT molecular complexity index is 2020. The zero-order valence-electron chi connectivity index (χ0n) is 21.2. The van der Waals surface area contributed by atoms with Gasteiger partial charge in [0.15, 0.2) is 10.7 Å².